The van der Waals surface area contributed by atoms with E-state index in [1.165, 1.54) is 17.8 Å². The highest BCUT2D eigenvalue weighted by molar-refractivity contribution is 7.99. The zero-order valence-corrected chi connectivity index (χ0v) is 14.2. The Morgan fingerprint density at radius 3 is 2.88 bits per heavy atom. The number of hydrogen-bond acceptors (Lipinski definition) is 5. The van der Waals surface area contributed by atoms with Gasteiger partial charge in [0.2, 0.25) is 5.91 Å². The molecule has 0 spiro atoms. The number of nitrogens with one attached hydrogen (secondary N) is 1. The van der Waals surface area contributed by atoms with E-state index in [1.807, 2.05) is 31.2 Å². The van der Waals surface area contributed by atoms with Gasteiger partial charge in [-0.2, -0.15) is 0 Å². The van der Waals surface area contributed by atoms with Crippen LogP contribution in [0.2, 0.25) is 0 Å². The van der Waals surface area contributed by atoms with E-state index in [2.05, 4.69) is 10.3 Å². The number of aryl methyl sites for hydroxylation is 2. The van der Waals surface area contributed by atoms with Gasteiger partial charge in [-0.25, -0.2) is 4.98 Å². The average molecular weight is 343 g/mol. The summed E-state index contributed by atoms with van der Waals surface area (Å²) >= 11 is 1.41. The molecule has 0 bridgehead atoms. The van der Waals surface area contributed by atoms with Crippen LogP contribution in [0.1, 0.15) is 17.0 Å². The Morgan fingerprint density at radius 2 is 2.08 bits per heavy atom. The predicted octanol–water partition coefficient (Wildman–Crippen LogP) is 2.78. The van der Waals surface area contributed by atoms with Gasteiger partial charge in [0.1, 0.15) is 5.76 Å². The van der Waals surface area contributed by atoms with E-state index in [0.717, 1.165) is 15.8 Å². The normalized spacial score (nSPS) is 10.9. The van der Waals surface area contributed by atoms with E-state index in [9.17, 15) is 9.59 Å². The van der Waals surface area contributed by atoms with Crippen molar-refractivity contribution in [3.8, 4) is 0 Å². The van der Waals surface area contributed by atoms with Gasteiger partial charge in [0.25, 0.3) is 5.56 Å². The second kappa shape index (κ2) is 6.92. The Kier molecular flexibility index (Phi) is 4.71. The van der Waals surface area contributed by atoms with Gasteiger partial charge in [-0.1, -0.05) is 18.2 Å². The van der Waals surface area contributed by atoms with E-state index in [0.29, 0.717) is 28.6 Å². The molecule has 0 fully saturated rings. The number of para-hydroxylation sites is 1. The zero-order chi connectivity index (χ0) is 17.1. The molecule has 6 nitrogen and oxygen atoms in total. The molecule has 0 saturated heterocycles. The van der Waals surface area contributed by atoms with Gasteiger partial charge in [-0.05, 0) is 25.5 Å². The van der Waals surface area contributed by atoms with Crippen molar-refractivity contribution >= 4 is 29.0 Å². The maximum absolute atomic E-state index is 12.0. The van der Waals surface area contributed by atoms with Crippen molar-refractivity contribution in [3.05, 3.63) is 63.8 Å². The molecule has 124 valence electrons. The first-order valence-corrected chi connectivity index (χ1v) is 8.61. The fourth-order valence-electron chi connectivity index (χ4n) is 2.30. The second-order valence-corrected chi connectivity index (χ2v) is 6.43. The summed E-state index contributed by atoms with van der Waals surface area (Å²) < 4.78 is 6.41. The first-order valence-electron chi connectivity index (χ1n) is 7.46. The van der Waals surface area contributed by atoms with E-state index in [4.69, 9.17) is 4.52 Å². The van der Waals surface area contributed by atoms with Crippen molar-refractivity contribution in [2.45, 2.75) is 19.6 Å². The average Bonchev–Trinajstić information content (AvgIpc) is 2.91. The number of nitrogens with zero attached hydrogens (tertiary/aromatic N) is 2. The summed E-state index contributed by atoms with van der Waals surface area (Å²) in [6.07, 6.45) is 0. The standard InChI is InChI=1S/C17H17N3O3S/c1-11-5-3-4-6-14(11)19-16(21)10-24-9-13-8-17(22)20-15(18-13)7-12(2)23-20/h3-8H,9-10H2,1-2H3,(H,19,21). The molecule has 0 unspecified atom stereocenters. The Balaban J connectivity index is 1.59. The summed E-state index contributed by atoms with van der Waals surface area (Å²) in [7, 11) is 0. The molecule has 0 saturated carbocycles. The third kappa shape index (κ3) is 3.68. The monoisotopic (exact) mass is 343 g/mol. The van der Waals surface area contributed by atoms with E-state index in [1.54, 1.807) is 13.0 Å². The van der Waals surface area contributed by atoms with E-state index >= 15 is 0 Å². The van der Waals surface area contributed by atoms with Gasteiger partial charge in [-0.3, -0.25) is 9.59 Å². The number of fused-ring (bicyclic) bond motifs is 1. The Labute approximate surface area is 142 Å². The smallest absolute Gasteiger partial charge is 0.287 e. The highest BCUT2D eigenvalue weighted by Crippen LogP contribution is 2.15. The molecule has 2 aromatic heterocycles. The number of aromatic nitrogens is 2. The third-order valence-electron chi connectivity index (χ3n) is 3.43. The van der Waals surface area contributed by atoms with Crippen molar-refractivity contribution in [1.29, 1.82) is 0 Å². The first-order chi connectivity index (χ1) is 11.5. The minimum Gasteiger partial charge on any atom is -0.375 e. The minimum absolute atomic E-state index is 0.0775. The van der Waals surface area contributed by atoms with Crippen LogP contribution in [0, 0.1) is 13.8 Å². The van der Waals surface area contributed by atoms with Crippen LogP contribution in [0.3, 0.4) is 0 Å². The predicted molar refractivity (Wildman–Crippen MR) is 94.4 cm³/mol. The van der Waals surface area contributed by atoms with Crippen molar-refractivity contribution in [2.24, 2.45) is 0 Å². The summed E-state index contributed by atoms with van der Waals surface area (Å²) in [5, 5.41) is 2.88. The van der Waals surface area contributed by atoms with Crippen LogP contribution < -0.4 is 10.9 Å². The van der Waals surface area contributed by atoms with Crippen LogP contribution in [0.15, 0.2) is 45.7 Å². The topological polar surface area (TPSA) is 76.6 Å². The lowest BCUT2D eigenvalue weighted by atomic mass is 10.2. The third-order valence-corrected chi connectivity index (χ3v) is 4.39. The lowest BCUT2D eigenvalue weighted by Gasteiger charge is -2.07. The molecule has 3 rings (SSSR count). The maximum atomic E-state index is 12.0. The molecular formula is C17H17N3O3S. The van der Waals surface area contributed by atoms with Gasteiger partial charge < -0.3 is 9.84 Å². The molecule has 1 N–H and O–H groups in total. The van der Waals surface area contributed by atoms with Crippen LogP contribution in [-0.4, -0.2) is 21.2 Å². The molecule has 0 radical (unpaired) electrons. The highest BCUT2D eigenvalue weighted by atomic mass is 32.2. The number of benzene rings is 1. The summed E-state index contributed by atoms with van der Waals surface area (Å²) in [4.78, 5) is 28.3. The quantitative estimate of drug-likeness (QED) is 0.771. The summed E-state index contributed by atoms with van der Waals surface area (Å²) in [5.41, 5.74) is 2.70. The summed E-state index contributed by atoms with van der Waals surface area (Å²) in [6.45, 7) is 3.71. The van der Waals surface area contributed by atoms with Crippen LogP contribution in [0.5, 0.6) is 0 Å². The zero-order valence-electron chi connectivity index (χ0n) is 13.4. The van der Waals surface area contributed by atoms with Gasteiger partial charge >= 0.3 is 0 Å². The first kappa shape index (κ1) is 16.3. The fraction of sp³-hybridized carbons (Fsp3) is 0.235. The molecule has 0 atom stereocenters. The lowest BCUT2D eigenvalue weighted by Crippen LogP contribution is -2.16. The van der Waals surface area contributed by atoms with Crippen LogP contribution >= 0.6 is 11.8 Å². The number of rotatable bonds is 5. The summed E-state index contributed by atoms with van der Waals surface area (Å²) in [5.74, 6) is 1.32. The largest absolute Gasteiger partial charge is 0.375 e. The van der Waals surface area contributed by atoms with Crippen LogP contribution in [0.25, 0.3) is 5.65 Å². The molecule has 24 heavy (non-hydrogen) atoms. The van der Waals surface area contributed by atoms with Crippen molar-refractivity contribution in [1.82, 2.24) is 9.56 Å². The Bertz CT molecular complexity index is 946. The highest BCUT2D eigenvalue weighted by Gasteiger charge is 2.08. The Morgan fingerprint density at radius 1 is 1.29 bits per heavy atom. The molecule has 0 aliphatic rings. The van der Waals surface area contributed by atoms with Gasteiger partial charge in [0.05, 0.1) is 11.4 Å². The number of hydrogen-bond donors (Lipinski definition) is 1. The van der Waals surface area contributed by atoms with Crippen molar-refractivity contribution < 1.29 is 9.32 Å². The number of carbonyl (C=O) groups is 1. The van der Waals surface area contributed by atoms with Crippen molar-refractivity contribution in [2.75, 3.05) is 11.1 Å². The Hall–Kier alpha value is -2.54. The number of amides is 1. The van der Waals surface area contributed by atoms with E-state index < -0.39 is 0 Å². The van der Waals surface area contributed by atoms with Crippen LogP contribution in [0.4, 0.5) is 5.69 Å². The van der Waals surface area contributed by atoms with Gasteiger partial charge in [0.15, 0.2) is 5.65 Å². The molecule has 2 heterocycles. The molecule has 1 amide bonds. The summed E-state index contributed by atoms with van der Waals surface area (Å²) in [6, 6.07) is 10.8. The lowest BCUT2D eigenvalue weighted by molar-refractivity contribution is -0.113. The molecule has 3 aromatic rings. The number of anilines is 1. The SMILES string of the molecule is Cc1cc2nc(CSCC(=O)Nc3ccccc3C)cc(=O)n2o1. The van der Waals surface area contributed by atoms with Crippen molar-refractivity contribution in [3.63, 3.8) is 0 Å². The molecular weight excluding hydrogens is 326 g/mol. The van der Waals surface area contributed by atoms with Gasteiger partial charge in [0, 0.05) is 23.6 Å². The molecule has 0 aliphatic carbocycles. The number of thioether (sulfide) groups is 1. The van der Waals surface area contributed by atoms with Crippen LogP contribution in [-0.2, 0) is 10.5 Å². The fourth-order valence-corrected chi connectivity index (χ4v) is 3.01. The molecule has 7 heteroatoms. The molecule has 1 aromatic carbocycles. The minimum atomic E-state index is -0.256. The maximum Gasteiger partial charge on any atom is 0.287 e. The number of carbonyl (C=O) groups excluding carboxylic acids is 1. The van der Waals surface area contributed by atoms with E-state index in [-0.39, 0.29) is 11.5 Å². The second-order valence-electron chi connectivity index (χ2n) is 5.44. The van der Waals surface area contributed by atoms with Gasteiger partial charge in [-0.15, -0.1) is 16.3 Å². The molecule has 0 aliphatic heterocycles.